The normalized spacial score (nSPS) is 18.6. The SMILES string of the molecule is CC(C)c1[nH]c(C(=O)Nc2ccc3c(c2)CN(C2CCC(=O)NC2=O)C3=O)nc1Cl. The molecule has 1 atom stereocenters. The molecule has 2 aliphatic rings. The first-order chi connectivity index (χ1) is 14.2. The largest absolute Gasteiger partial charge is 0.336 e. The zero-order valence-corrected chi connectivity index (χ0v) is 17.2. The highest BCUT2D eigenvalue weighted by Crippen LogP contribution is 2.29. The van der Waals surface area contributed by atoms with E-state index in [2.05, 4.69) is 20.6 Å². The molecule has 3 heterocycles. The lowest BCUT2D eigenvalue weighted by Gasteiger charge is -2.29. The van der Waals surface area contributed by atoms with Crippen molar-refractivity contribution >= 4 is 40.9 Å². The van der Waals surface area contributed by atoms with Crippen LogP contribution in [0.2, 0.25) is 5.15 Å². The maximum atomic E-state index is 12.7. The summed E-state index contributed by atoms with van der Waals surface area (Å²) in [7, 11) is 0. The molecule has 10 heteroatoms. The van der Waals surface area contributed by atoms with Gasteiger partial charge in [0.25, 0.3) is 11.8 Å². The molecule has 1 unspecified atom stereocenters. The summed E-state index contributed by atoms with van der Waals surface area (Å²) in [6.07, 6.45) is 0.493. The molecule has 3 N–H and O–H groups in total. The van der Waals surface area contributed by atoms with Crippen LogP contribution in [-0.4, -0.2) is 44.5 Å². The Morgan fingerprint density at radius 2 is 2.07 bits per heavy atom. The Bertz CT molecular complexity index is 1080. The van der Waals surface area contributed by atoms with E-state index in [1.165, 1.54) is 4.90 Å². The number of fused-ring (bicyclic) bond motifs is 1. The van der Waals surface area contributed by atoms with Crippen LogP contribution in [0, 0.1) is 0 Å². The van der Waals surface area contributed by atoms with E-state index in [0.717, 1.165) is 0 Å². The van der Waals surface area contributed by atoms with Crippen molar-refractivity contribution in [1.29, 1.82) is 0 Å². The fraction of sp³-hybridized carbons (Fsp3) is 0.350. The van der Waals surface area contributed by atoms with Crippen LogP contribution in [0.25, 0.3) is 0 Å². The number of piperidine rings is 1. The van der Waals surface area contributed by atoms with Gasteiger partial charge in [0.15, 0.2) is 11.0 Å². The van der Waals surface area contributed by atoms with Crippen LogP contribution in [0.5, 0.6) is 0 Å². The van der Waals surface area contributed by atoms with Crippen LogP contribution in [-0.2, 0) is 16.1 Å². The second kappa shape index (κ2) is 7.56. The smallest absolute Gasteiger partial charge is 0.291 e. The molecule has 30 heavy (non-hydrogen) atoms. The van der Waals surface area contributed by atoms with Gasteiger partial charge in [-0.3, -0.25) is 24.5 Å². The molecular formula is C20H20ClN5O4. The third-order valence-corrected chi connectivity index (χ3v) is 5.55. The monoisotopic (exact) mass is 429 g/mol. The molecule has 0 spiro atoms. The van der Waals surface area contributed by atoms with Gasteiger partial charge in [0, 0.05) is 24.2 Å². The molecular weight excluding hydrogens is 410 g/mol. The maximum Gasteiger partial charge on any atom is 0.291 e. The van der Waals surface area contributed by atoms with Gasteiger partial charge in [0.05, 0.1) is 5.69 Å². The van der Waals surface area contributed by atoms with E-state index >= 15 is 0 Å². The second-order valence-electron chi connectivity index (χ2n) is 7.67. The highest BCUT2D eigenvalue weighted by molar-refractivity contribution is 6.30. The number of imide groups is 1. The molecule has 2 aromatic rings. The average Bonchev–Trinajstić information content (AvgIpc) is 3.22. The molecule has 4 rings (SSSR count). The van der Waals surface area contributed by atoms with Crippen molar-refractivity contribution < 1.29 is 19.2 Å². The minimum absolute atomic E-state index is 0.0934. The number of aromatic amines is 1. The van der Waals surface area contributed by atoms with Gasteiger partial charge in [0.1, 0.15) is 6.04 Å². The van der Waals surface area contributed by atoms with Crippen LogP contribution in [0.4, 0.5) is 5.69 Å². The van der Waals surface area contributed by atoms with E-state index in [1.807, 2.05) is 13.8 Å². The third kappa shape index (κ3) is 3.56. The van der Waals surface area contributed by atoms with Gasteiger partial charge in [-0.25, -0.2) is 4.98 Å². The summed E-state index contributed by atoms with van der Waals surface area (Å²) in [5.74, 6) is -1.31. The van der Waals surface area contributed by atoms with Crippen LogP contribution in [0.1, 0.15) is 64.8 Å². The van der Waals surface area contributed by atoms with Crippen LogP contribution < -0.4 is 10.6 Å². The van der Waals surface area contributed by atoms with Crippen molar-refractivity contribution in [2.24, 2.45) is 0 Å². The molecule has 1 aromatic carbocycles. The summed E-state index contributed by atoms with van der Waals surface area (Å²) in [5.41, 5.74) is 2.35. The maximum absolute atomic E-state index is 12.7. The Morgan fingerprint density at radius 1 is 1.30 bits per heavy atom. The molecule has 2 aliphatic heterocycles. The molecule has 0 bridgehead atoms. The van der Waals surface area contributed by atoms with Gasteiger partial charge in [0.2, 0.25) is 11.8 Å². The number of aromatic nitrogens is 2. The van der Waals surface area contributed by atoms with E-state index in [0.29, 0.717) is 28.9 Å². The van der Waals surface area contributed by atoms with Gasteiger partial charge in [-0.1, -0.05) is 25.4 Å². The first-order valence-electron chi connectivity index (χ1n) is 9.59. The van der Waals surface area contributed by atoms with E-state index in [4.69, 9.17) is 11.6 Å². The number of halogens is 1. The predicted molar refractivity (Wildman–Crippen MR) is 108 cm³/mol. The Kier molecular flexibility index (Phi) is 5.07. The summed E-state index contributed by atoms with van der Waals surface area (Å²) in [6, 6.07) is 4.26. The van der Waals surface area contributed by atoms with Crippen LogP contribution >= 0.6 is 11.6 Å². The van der Waals surface area contributed by atoms with Gasteiger partial charge < -0.3 is 15.2 Å². The first kappa shape index (κ1) is 20.1. The summed E-state index contributed by atoms with van der Waals surface area (Å²) in [5, 5.41) is 5.28. The number of H-pyrrole nitrogens is 1. The lowest BCUT2D eigenvalue weighted by Crippen LogP contribution is -2.52. The van der Waals surface area contributed by atoms with Crippen LogP contribution in [0.15, 0.2) is 18.2 Å². The summed E-state index contributed by atoms with van der Waals surface area (Å²) < 4.78 is 0. The lowest BCUT2D eigenvalue weighted by molar-refractivity contribution is -0.136. The van der Waals surface area contributed by atoms with Gasteiger partial charge >= 0.3 is 0 Å². The molecule has 0 aliphatic carbocycles. The average molecular weight is 430 g/mol. The minimum atomic E-state index is -0.680. The summed E-state index contributed by atoms with van der Waals surface area (Å²) in [4.78, 5) is 57.2. The number of carbonyl (C=O) groups is 4. The van der Waals surface area contributed by atoms with Crippen molar-refractivity contribution in [2.45, 2.75) is 45.2 Å². The highest BCUT2D eigenvalue weighted by Gasteiger charge is 2.39. The molecule has 1 aromatic heterocycles. The quantitative estimate of drug-likeness (QED) is 0.642. The standard InChI is InChI=1S/C20H20ClN5O4/c1-9(2)15-16(21)25-17(24-15)19(29)22-11-3-4-12-10(7-11)8-26(20(12)30)13-5-6-14(27)23-18(13)28/h3-4,7,9,13H,5-6,8H2,1-2H3,(H,22,29)(H,24,25)(H,23,27,28). The predicted octanol–water partition coefficient (Wildman–Crippen LogP) is 2.20. The molecule has 9 nitrogen and oxygen atoms in total. The van der Waals surface area contributed by atoms with Crippen molar-refractivity contribution in [3.05, 3.63) is 46.0 Å². The molecule has 156 valence electrons. The molecule has 1 fully saturated rings. The zero-order valence-electron chi connectivity index (χ0n) is 16.4. The van der Waals surface area contributed by atoms with E-state index in [9.17, 15) is 19.2 Å². The van der Waals surface area contributed by atoms with E-state index < -0.39 is 17.9 Å². The van der Waals surface area contributed by atoms with Crippen molar-refractivity contribution in [3.8, 4) is 0 Å². The van der Waals surface area contributed by atoms with Crippen LogP contribution in [0.3, 0.4) is 0 Å². The van der Waals surface area contributed by atoms with Gasteiger partial charge in [-0.2, -0.15) is 0 Å². The number of anilines is 1. The van der Waals surface area contributed by atoms with Crippen molar-refractivity contribution in [1.82, 2.24) is 20.2 Å². The number of hydrogen-bond donors (Lipinski definition) is 3. The van der Waals surface area contributed by atoms with E-state index in [1.54, 1.807) is 18.2 Å². The van der Waals surface area contributed by atoms with Gasteiger partial charge in [-0.05, 0) is 36.1 Å². The molecule has 0 radical (unpaired) electrons. The number of carbonyl (C=O) groups excluding carboxylic acids is 4. The fourth-order valence-corrected chi connectivity index (χ4v) is 4.05. The van der Waals surface area contributed by atoms with E-state index in [-0.39, 0.29) is 41.7 Å². The summed E-state index contributed by atoms with van der Waals surface area (Å²) in [6.45, 7) is 4.11. The highest BCUT2D eigenvalue weighted by atomic mass is 35.5. The van der Waals surface area contributed by atoms with Gasteiger partial charge in [-0.15, -0.1) is 0 Å². The number of rotatable bonds is 4. The minimum Gasteiger partial charge on any atom is -0.336 e. The molecule has 1 saturated heterocycles. The molecule has 4 amide bonds. The number of nitrogens with zero attached hydrogens (tertiary/aromatic N) is 2. The number of hydrogen-bond acceptors (Lipinski definition) is 5. The van der Waals surface area contributed by atoms with Crippen molar-refractivity contribution in [3.63, 3.8) is 0 Å². The Hall–Kier alpha value is -3.20. The Balaban J connectivity index is 1.50. The zero-order chi connectivity index (χ0) is 21.6. The topological polar surface area (TPSA) is 124 Å². The Labute approximate surface area is 177 Å². The number of nitrogens with one attached hydrogen (secondary N) is 3. The number of amides is 4. The lowest BCUT2D eigenvalue weighted by atomic mass is 10.0. The first-order valence-corrected chi connectivity index (χ1v) is 9.96. The second-order valence-corrected chi connectivity index (χ2v) is 8.03. The molecule has 0 saturated carbocycles. The number of imidazole rings is 1. The Morgan fingerprint density at radius 3 is 2.73 bits per heavy atom. The summed E-state index contributed by atoms with van der Waals surface area (Å²) >= 11 is 6.07. The number of benzene rings is 1. The fourth-order valence-electron chi connectivity index (χ4n) is 3.70. The van der Waals surface area contributed by atoms with Crippen molar-refractivity contribution in [2.75, 3.05) is 5.32 Å². The third-order valence-electron chi connectivity index (χ3n) is 5.26.